The van der Waals surface area contributed by atoms with Crippen molar-refractivity contribution >= 4 is 35.0 Å². The largest absolute Gasteiger partial charge is 0.324 e. The third kappa shape index (κ3) is 4.41. The molecule has 1 aromatic rings. The quantitative estimate of drug-likeness (QED) is 0.897. The zero-order valence-corrected chi connectivity index (χ0v) is 12.6. The highest BCUT2D eigenvalue weighted by molar-refractivity contribution is 8.00. The molecule has 0 aromatic heterocycles. The second-order valence-corrected chi connectivity index (χ2v) is 6.34. The van der Waals surface area contributed by atoms with E-state index in [9.17, 15) is 4.79 Å². The number of nitriles is 1. The number of thioether (sulfide) groups is 1. The molecule has 0 aliphatic carbocycles. The second kappa shape index (κ2) is 7.53. The van der Waals surface area contributed by atoms with Gasteiger partial charge in [0, 0.05) is 10.3 Å². The van der Waals surface area contributed by atoms with E-state index in [1.165, 1.54) is 0 Å². The van der Waals surface area contributed by atoms with Crippen molar-refractivity contribution in [1.29, 1.82) is 5.26 Å². The standard InChI is InChI=1S/C14H16ClN3OS/c15-11-2-1-10(8-16)13(7-11)18-14(19)9-20-12-3-5-17-6-4-12/h1-2,7,12,17H,3-6,9H2,(H,18,19). The number of rotatable bonds is 4. The van der Waals surface area contributed by atoms with Crippen molar-refractivity contribution in [3.8, 4) is 6.07 Å². The minimum absolute atomic E-state index is 0.0905. The van der Waals surface area contributed by atoms with Gasteiger partial charge in [-0.05, 0) is 44.1 Å². The van der Waals surface area contributed by atoms with E-state index in [1.807, 2.05) is 6.07 Å². The molecule has 4 nitrogen and oxygen atoms in total. The summed E-state index contributed by atoms with van der Waals surface area (Å²) in [5.41, 5.74) is 0.908. The average molecular weight is 310 g/mol. The van der Waals surface area contributed by atoms with Crippen LogP contribution in [0, 0.1) is 11.3 Å². The van der Waals surface area contributed by atoms with Gasteiger partial charge in [0.2, 0.25) is 5.91 Å². The molecule has 0 saturated carbocycles. The molecule has 2 N–H and O–H groups in total. The fraction of sp³-hybridized carbons (Fsp3) is 0.429. The Labute approximate surface area is 127 Å². The molecular weight excluding hydrogens is 294 g/mol. The summed E-state index contributed by atoms with van der Waals surface area (Å²) in [6.07, 6.45) is 2.19. The van der Waals surface area contributed by atoms with Crippen molar-refractivity contribution in [2.45, 2.75) is 18.1 Å². The number of amides is 1. The highest BCUT2D eigenvalue weighted by atomic mass is 35.5. The third-order valence-corrected chi connectivity index (χ3v) is 4.72. The topological polar surface area (TPSA) is 64.9 Å². The van der Waals surface area contributed by atoms with E-state index in [-0.39, 0.29) is 5.91 Å². The maximum atomic E-state index is 11.9. The Hall–Kier alpha value is -1.22. The first-order valence-corrected chi connectivity index (χ1v) is 7.93. The van der Waals surface area contributed by atoms with E-state index in [2.05, 4.69) is 10.6 Å². The smallest absolute Gasteiger partial charge is 0.234 e. The molecule has 1 aliphatic rings. The van der Waals surface area contributed by atoms with Gasteiger partial charge >= 0.3 is 0 Å². The van der Waals surface area contributed by atoms with Crippen molar-refractivity contribution in [1.82, 2.24) is 5.32 Å². The lowest BCUT2D eigenvalue weighted by Gasteiger charge is -2.21. The molecule has 0 atom stereocenters. The number of carbonyl (C=O) groups is 1. The number of piperidine rings is 1. The number of hydrogen-bond acceptors (Lipinski definition) is 4. The zero-order chi connectivity index (χ0) is 14.4. The highest BCUT2D eigenvalue weighted by Crippen LogP contribution is 2.23. The summed E-state index contributed by atoms with van der Waals surface area (Å²) in [7, 11) is 0. The molecule has 0 bridgehead atoms. The van der Waals surface area contributed by atoms with Gasteiger partial charge in [-0.3, -0.25) is 4.79 Å². The summed E-state index contributed by atoms with van der Waals surface area (Å²) >= 11 is 7.56. The number of halogens is 1. The van der Waals surface area contributed by atoms with E-state index < -0.39 is 0 Å². The van der Waals surface area contributed by atoms with Gasteiger partial charge in [0.1, 0.15) is 6.07 Å². The van der Waals surface area contributed by atoms with Gasteiger partial charge in [-0.1, -0.05) is 11.6 Å². The van der Waals surface area contributed by atoms with Crippen LogP contribution in [0.1, 0.15) is 18.4 Å². The molecule has 2 rings (SSSR count). The molecule has 0 radical (unpaired) electrons. The number of hydrogen-bond donors (Lipinski definition) is 2. The molecule has 6 heteroatoms. The summed E-state index contributed by atoms with van der Waals surface area (Å²) in [5.74, 6) is 0.314. The first kappa shape index (κ1) is 15.2. The Kier molecular flexibility index (Phi) is 5.72. The van der Waals surface area contributed by atoms with Crippen LogP contribution in [0.5, 0.6) is 0 Å². The normalized spacial score (nSPS) is 15.6. The summed E-state index contributed by atoms with van der Waals surface area (Å²) in [4.78, 5) is 11.9. The number of nitrogens with one attached hydrogen (secondary N) is 2. The monoisotopic (exact) mass is 309 g/mol. The molecule has 1 fully saturated rings. The molecule has 1 aliphatic heterocycles. The fourth-order valence-electron chi connectivity index (χ4n) is 2.06. The van der Waals surface area contributed by atoms with Crippen LogP contribution >= 0.6 is 23.4 Å². The van der Waals surface area contributed by atoms with E-state index >= 15 is 0 Å². The maximum absolute atomic E-state index is 11.9. The Balaban J connectivity index is 1.88. The molecule has 0 spiro atoms. The van der Waals surface area contributed by atoms with Gasteiger partial charge in [0.25, 0.3) is 0 Å². The van der Waals surface area contributed by atoms with Crippen LogP contribution in [0.15, 0.2) is 18.2 Å². The van der Waals surface area contributed by atoms with Crippen LogP contribution in [0.3, 0.4) is 0 Å². The van der Waals surface area contributed by atoms with E-state index in [4.69, 9.17) is 16.9 Å². The van der Waals surface area contributed by atoms with E-state index in [1.54, 1.807) is 30.0 Å². The first-order chi connectivity index (χ1) is 9.69. The van der Waals surface area contributed by atoms with Crippen LogP contribution in [-0.4, -0.2) is 30.0 Å². The lowest BCUT2D eigenvalue weighted by molar-refractivity contribution is -0.113. The molecule has 1 saturated heterocycles. The van der Waals surface area contributed by atoms with Crippen molar-refractivity contribution in [3.05, 3.63) is 28.8 Å². The van der Waals surface area contributed by atoms with Gasteiger partial charge < -0.3 is 10.6 Å². The summed E-state index contributed by atoms with van der Waals surface area (Å²) in [6, 6.07) is 6.90. The van der Waals surface area contributed by atoms with Crippen LogP contribution in [0.2, 0.25) is 5.02 Å². The van der Waals surface area contributed by atoms with Gasteiger partial charge in [0.05, 0.1) is 17.0 Å². The second-order valence-electron chi connectivity index (χ2n) is 4.61. The van der Waals surface area contributed by atoms with Crippen molar-refractivity contribution in [2.75, 3.05) is 24.2 Å². The Morgan fingerprint density at radius 2 is 2.25 bits per heavy atom. The predicted molar refractivity (Wildman–Crippen MR) is 83.1 cm³/mol. The van der Waals surface area contributed by atoms with Gasteiger partial charge in [-0.15, -0.1) is 11.8 Å². The van der Waals surface area contributed by atoms with E-state index in [0.717, 1.165) is 25.9 Å². The SMILES string of the molecule is N#Cc1ccc(Cl)cc1NC(=O)CSC1CCNCC1. The van der Waals surface area contributed by atoms with Crippen molar-refractivity contribution in [2.24, 2.45) is 0 Å². The van der Waals surface area contributed by atoms with Crippen LogP contribution in [0.25, 0.3) is 0 Å². The van der Waals surface area contributed by atoms with Crippen molar-refractivity contribution in [3.63, 3.8) is 0 Å². The highest BCUT2D eigenvalue weighted by Gasteiger charge is 2.15. The Morgan fingerprint density at radius 3 is 2.95 bits per heavy atom. The zero-order valence-electron chi connectivity index (χ0n) is 11.0. The molecule has 0 unspecified atom stereocenters. The lowest BCUT2D eigenvalue weighted by atomic mass is 10.2. The van der Waals surface area contributed by atoms with Crippen molar-refractivity contribution < 1.29 is 4.79 Å². The maximum Gasteiger partial charge on any atom is 0.234 e. The Morgan fingerprint density at radius 1 is 1.50 bits per heavy atom. The van der Waals surface area contributed by atoms with Gasteiger partial charge in [-0.2, -0.15) is 5.26 Å². The van der Waals surface area contributed by atoms with E-state index in [0.29, 0.717) is 27.3 Å². The minimum Gasteiger partial charge on any atom is -0.324 e. The summed E-state index contributed by atoms with van der Waals surface area (Å²) in [6.45, 7) is 2.04. The third-order valence-electron chi connectivity index (χ3n) is 3.11. The number of carbonyl (C=O) groups excluding carboxylic acids is 1. The van der Waals surface area contributed by atoms with Crippen LogP contribution in [0.4, 0.5) is 5.69 Å². The molecular formula is C14H16ClN3OS. The summed E-state index contributed by atoms with van der Waals surface area (Å²) < 4.78 is 0. The molecule has 1 amide bonds. The fourth-order valence-corrected chi connectivity index (χ4v) is 3.26. The number of anilines is 1. The first-order valence-electron chi connectivity index (χ1n) is 6.51. The van der Waals surface area contributed by atoms with Crippen LogP contribution in [-0.2, 0) is 4.79 Å². The number of nitrogens with zero attached hydrogens (tertiary/aromatic N) is 1. The lowest BCUT2D eigenvalue weighted by Crippen LogP contribution is -2.30. The molecule has 1 heterocycles. The van der Waals surface area contributed by atoms with Gasteiger partial charge in [0.15, 0.2) is 0 Å². The van der Waals surface area contributed by atoms with Crippen LogP contribution < -0.4 is 10.6 Å². The molecule has 106 valence electrons. The molecule has 20 heavy (non-hydrogen) atoms. The Bertz CT molecular complexity index is 524. The predicted octanol–water partition coefficient (Wildman–Crippen LogP) is 2.64. The number of benzene rings is 1. The molecule has 1 aromatic carbocycles. The summed E-state index contributed by atoms with van der Waals surface area (Å²) in [5, 5.41) is 16.1. The average Bonchev–Trinajstić information content (AvgIpc) is 2.46. The minimum atomic E-state index is -0.0905. The van der Waals surface area contributed by atoms with Gasteiger partial charge in [-0.25, -0.2) is 0 Å².